The maximum atomic E-state index is 13.0. The van der Waals surface area contributed by atoms with Gasteiger partial charge in [-0.3, -0.25) is 5.43 Å². The zero-order valence-electron chi connectivity index (χ0n) is 14.4. The Bertz CT molecular complexity index is 766. The third kappa shape index (κ3) is 4.35. The average Bonchev–Trinajstić information content (AvgIpc) is 2.66. The minimum atomic E-state index is -4.42. The van der Waals surface area contributed by atoms with Crippen LogP contribution < -0.4 is 10.3 Å². The molecular weight excluding hydrogens is 343 g/mol. The van der Waals surface area contributed by atoms with Crippen LogP contribution in [0.4, 0.5) is 24.5 Å². The highest BCUT2D eigenvalue weighted by Crippen LogP contribution is 2.34. The van der Waals surface area contributed by atoms with Gasteiger partial charge in [0.2, 0.25) is 0 Å². The van der Waals surface area contributed by atoms with Crippen molar-refractivity contribution < 1.29 is 17.9 Å². The number of para-hydroxylation sites is 1. The highest BCUT2D eigenvalue weighted by atomic mass is 19.4. The van der Waals surface area contributed by atoms with Gasteiger partial charge in [0.1, 0.15) is 0 Å². The molecule has 0 unspecified atom stereocenters. The molecule has 0 radical (unpaired) electrons. The largest absolute Gasteiger partial charge is 0.418 e. The van der Waals surface area contributed by atoms with Crippen molar-refractivity contribution in [2.24, 2.45) is 5.10 Å². The van der Waals surface area contributed by atoms with Gasteiger partial charge in [-0.1, -0.05) is 24.3 Å². The van der Waals surface area contributed by atoms with Crippen LogP contribution in [0.2, 0.25) is 0 Å². The van der Waals surface area contributed by atoms with Gasteiger partial charge in [0, 0.05) is 18.8 Å². The topological polar surface area (TPSA) is 36.9 Å². The summed E-state index contributed by atoms with van der Waals surface area (Å²) in [5.41, 5.74) is 4.29. The second kappa shape index (κ2) is 7.78. The molecular formula is C19H20F3N3O. The Balaban J connectivity index is 1.72. The van der Waals surface area contributed by atoms with Crippen LogP contribution in [0.1, 0.15) is 18.1 Å². The Morgan fingerprint density at radius 3 is 2.35 bits per heavy atom. The van der Waals surface area contributed by atoms with Gasteiger partial charge in [-0.25, -0.2) is 0 Å². The molecule has 2 aromatic carbocycles. The number of hydrogen-bond donors (Lipinski definition) is 1. The fourth-order valence-corrected chi connectivity index (χ4v) is 2.77. The molecule has 1 aliphatic heterocycles. The highest BCUT2D eigenvalue weighted by Gasteiger charge is 2.33. The van der Waals surface area contributed by atoms with Crippen molar-refractivity contribution in [2.75, 3.05) is 36.6 Å². The smallest absolute Gasteiger partial charge is 0.378 e. The lowest BCUT2D eigenvalue weighted by Crippen LogP contribution is -2.36. The van der Waals surface area contributed by atoms with Gasteiger partial charge < -0.3 is 9.64 Å². The Morgan fingerprint density at radius 2 is 1.69 bits per heavy atom. The predicted octanol–water partition coefficient (Wildman–Crippen LogP) is 4.38. The number of halogens is 3. The zero-order valence-corrected chi connectivity index (χ0v) is 14.4. The van der Waals surface area contributed by atoms with Gasteiger partial charge in [0.25, 0.3) is 0 Å². The van der Waals surface area contributed by atoms with Crippen LogP contribution in [0, 0.1) is 0 Å². The molecule has 0 atom stereocenters. The molecule has 1 heterocycles. The Morgan fingerprint density at radius 1 is 1.04 bits per heavy atom. The van der Waals surface area contributed by atoms with Crippen molar-refractivity contribution in [1.29, 1.82) is 0 Å². The van der Waals surface area contributed by atoms with E-state index in [1.54, 1.807) is 13.0 Å². The third-order valence-electron chi connectivity index (χ3n) is 4.24. The first kappa shape index (κ1) is 18.3. The minimum absolute atomic E-state index is 0.0655. The van der Waals surface area contributed by atoms with Gasteiger partial charge in [-0.05, 0) is 36.8 Å². The monoisotopic (exact) mass is 363 g/mol. The predicted molar refractivity (Wildman–Crippen MR) is 96.8 cm³/mol. The maximum absolute atomic E-state index is 13.0. The van der Waals surface area contributed by atoms with E-state index in [4.69, 9.17) is 4.74 Å². The second-order valence-corrected chi connectivity index (χ2v) is 6.00. The molecule has 0 aliphatic carbocycles. The van der Waals surface area contributed by atoms with Crippen molar-refractivity contribution in [3.05, 3.63) is 59.7 Å². The highest BCUT2D eigenvalue weighted by molar-refractivity contribution is 5.99. The van der Waals surface area contributed by atoms with Gasteiger partial charge in [0.15, 0.2) is 0 Å². The summed E-state index contributed by atoms with van der Waals surface area (Å²) in [5, 5.41) is 4.11. The fraction of sp³-hybridized carbons (Fsp3) is 0.316. The number of morpholine rings is 1. The normalized spacial score (nSPS) is 15.8. The van der Waals surface area contributed by atoms with Gasteiger partial charge in [-0.15, -0.1) is 0 Å². The lowest BCUT2D eigenvalue weighted by molar-refractivity contribution is -0.136. The first-order chi connectivity index (χ1) is 12.4. The summed E-state index contributed by atoms with van der Waals surface area (Å²) in [5.74, 6) is 0. The molecule has 7 heteroatoms. The molecule has 1 fully saturated rings. The molecule has 0 bridgehead atoms. The summed E-state index contributed by atoms with van der Waals surface area (Å²) in [7, 11) is 0. The van der Waals surface area contributed by atoms with E-state index in [0.29, 0.717) is 18.9 Å². The summed E-state index contributed by atoms with van der Waals surface area (Å²) < 4.78 is 44.4. The Labute approximate surface area is 150 Å². The molecule has 26 heavy (non-hydrogen) atoms. The number of nitrogens with one attached hydrogen (secondary N) is 1. The lowest BCUT2D eigenvalue weighted by atomic mass is 10.1. The van der Waals surface area contributed by atoms with E-state index in [9.17, 15) is 13.2 Å². The van der Waals surface area contributed by atoms with Crippen LogP contribution in [0.15, 0.2) is 53.6 Å². The number of rotatable bonds is 4. The van der Waals surface area contributed by atoms with Crippen molar-refractivity contribution >= 4 is 17.1 Å². The van der Waals surface area contributed by atoms with Crippen molar-refractivity contribution in [3.8, 4) is 0 Å². The molecule has 4 nitrogen and oxygen atoms in total. The van der Waals surface area contributed by atoms with Crippen LogP contribution in [0.3, 0.4) is 0 Å². The summed E-state index contributed by atoms with van der Waals surface area (Å²) >= 11 is 0. The summed E-state index contributed by atoms with van der Waals surface area (Å²) in [6.07, 6.45) is -4.42. The van der Waals surface area contributed by atoms with Crippen LogP contribution in [0.5, 0.6) is 0 Å². The standard InChI is InChI=1S/C19H20F3N3O/c1-14(23-24-18-5-3-2-4-17(18)19(20,21)22)15-6-8-16(9-7-15)25-10-12-26-13-11-25/h2-9,24H,10-13H2,1H3/b23-14-. The minimum Gasteiger partial charge on any atom is -0.378 e. The maximum Gasteiger partial charge on any atom is 0.418 e. The number of nitrogens with zero attached hydrogens (tertiary/aromatic N) is 2. The zero-order chi connectivity index (χ0) is 18.6. The van der Waals surface area contributed by atoms with E-state index in [-0.39, 0.29) is 5.69 Å². The molecule has 0 aromatic heterocycles. The van der Waals surface area contributed by atoms with Crippen molar-refractivity contribution in [3.63, 3.8) is 0 Å². The molecule has 0 amide bonds. The molecule has 2 aromatic rings. The van der Waals surface area contributed by atoms with E-state index in [1.807, 2.05) is 24.3 Å². The Hall–Kier alpha value is -2.54. The van der Waals surface area contributed by atoms with Crippen molar-refractivity contribution in [1.82, 2.24) is 0 Å². The molecule has 1 N–H and O–H groups in total. The van der Waals surface area contributed by atoms with Crippen LogP contribution in [0.25, 0.3) is 0 Å². The number of hydrazone groups is 1. The van der Waals surface area contributed by atoms with Gasteiger partial charge in [-0.2, -0.15) is 18.3 Å². The fourth-order valence-electron chi connectivity index (χ4n) is 2.77. The van der Waals surface area contributed by atoms with E-state index in [2.05, 4.69) is 15.4 Å². The summed E-state index contributed by atoms with van der Waals surface area (Å²) in [6.45, 7) is 4.88. The SMILES string of the molecule is C/C(=N/Nc1ccccc1C(F)(F)F)c1ccc(N2CCOCC2)cc1. The summed E-state index contributed by atoms with van der Waals surface area (Å²) in [4.78, 5) is 2.23. The lowest BCUT2D eigenvalue weighted by Gasteiger charge is -2.28. The molecule has 138 valence electrons. The Kier molecular flexibility index (Phi) is 5.46. The number of hydrogen-bond acceptors (Lipinski definition) is 4. The second-order valence-electron chi connectivity index (χ2n) is 6.00. The van der Waals surface area contributed by atoms with Crippen molar-refractivity contribution in [2.45, 2.75) is 13.1 Å². The van der Waals surface area contributed by atoms with Crippen LogP contribution in [-0.4, -0.2) is 32.0 Å². The van der Waals surface area contributed by atoms with E-state index in [1.165, 1.54) is 12.1 Å². The number of alkyl halides is 3. The average molecular weight is 363 g/mol. The molecule has 0 spiro atoms. The molecule has 1 saturated heterocycles. The number of ether oxygens (including phenoxy) is 1. The number of anilines is 2. The molecule has 0 saturated carbocycles. The third-order valence-corrected chi connectivity index (χ3v) is 4.24. The molecule has 3 rings (SSSR count). The quantitative estimate of drug-likeness (QED) is 0.647. The van der Waals surface area contributed by atoms with Crippen LogP contribution in [-0.2, 0) is 10.9 Å². The van der Waals surface area contributed by atoms with Gasteiger partial charge in [0.05, 0.1) is 30.2 Å². The first-order valence-electron chi connectivity index (χ1n) is 8.35. The van der Waals surface area contributed by atoms with Crippen LogP contribution >= 0.6 is 0 Å². The van der Waals surface area contributed by atoms with Gasteiger partial charge >= 0.3 is 6.18 Å². The summed E-state index contributed by atoms with van der Waals surface area (Å²) in [6, 6.07) is 13.1. The number of benzene rings is 2. The van der Waals surface area contributed by atoms with E-state index in [0.717, 1.165) is 30.4 Å². The van der Waals surface area contributed by atoms with E-state index >= 15 is 0 Å². The molecule has 1 aliphatic rings. The van der Waals surface area contributed by atoms with E-state index < -0.39 is 11.7 Å². The first-order valence-corrected chi connectivity index (χ1v) is 8.35.